The molecule has 2 aliphatic rings. The maximum atomic E-state index is 12.0. The number of nitrogens with one attached hydrogen (secondary N) is 2. The summed E-state index contributed by atoms with van der Waals surface area (Å²) in [5.41, 5.74) is 2.81. The number of rotatable bonds is 14. The van der Waals surface area contributed by atoms with Gasteiger partial charge in [0.2, 0.25) is 0 Å². The topological polar surface area (TPSA) is 67.4 Å². The third kappa shape index (κ3) is 7.32. The molecule has 31 heavy (non-hydrogen) atoms. The monoisotopic (exact) mass is 460 g/mol. The molecule has 0 aromatic heterocycles. The van der Waals surface area contributed by atoms with Gasteiger partial charge in [0, 0.05) is 18.8 Å². The molecule has 0 radical (unpaired) electrons. The van der Waals surface area contributed by atoms with E-state index in [2.05, 4.69) is 59.2 Å². The summed E-state index contributed by atoms with van der Waals surface area (Å²) in [5.74, 6) is 3.10. The zero-order valence-electron chi connectivity index (χ0n) is 17.8. The lowest BCUT2D eigenvalue weighted by molar-refractivity contribution is 0.324. The third-order valence-electron chi connectivity index (χ3n) is 6.13. The Morgan fingerprint density at radius 1 is 0.806 bits per heavy atom. The van der Waals surface area contributed by atoms with Crippen LogP contribution in [0.3, 0.4) is 0 Å². The molecule has 2 aromatic carbocycles. The summed E-state index contributed by atoms with van der Waals surface area (Å²) in [6.45, 7) is 3.26. The molecule has 7 heteroatoms. The average molecular weight is 461 g/mol. The van der Waals surface area contributed by atoms with Crippen molar-refractivity contribution in [2.75, 3.05) is 38.5 Å². The van der Waals surface area contributed by atoms with Crippen LogP contribution in [0.4, 0.5) is 0 Å². The van der Waals surface area contributed by atoms with Crippen LogP contribution < -0.4 is 10.6 Å². The summed E-state index contributed by atoms with van der Waals surface area (Å²) in [6, 6.07) is 21.2. The van der Waals surface area contributed by atoms with Crippen LogP contribution >= 0.6 is 10.8 Å². The lowest BCUT2D eigenvalue weighted by atomic mass is 10.1. The molecular formula is C24H32N2O3S2. The van der Waals surface area contributed by atoms with E-state index in [-0.39, 0.29) is 6.61 Å². The van der Waals surface area contributed by atoms with Crippen molar-refractivity contribution >= 4 is 19.9 Å². The molecule has 0 spiro atoms. The van der Waals surface area contributed by atoms with Gasteiger partial charge < -0.3 is 10.6 Å². The number of hydrogen-bond donors (Lipinski definition) is 2. The molecule has 4 atom stereocenters. The predicted molar refractivity (Wildman–Crippen MR) is 128 cm³/mol. The molecule has 2 saturated carbocycles. The summed E-state index contributed by atoms with van der Waals surface area (Å²) in [5, 5.41) is 6.70. The second kappa shape index (κ2) is 11.0. The van der Waals surface area contributed by atoms with Gasteiger partial charge in [0.1, 0.15) is 0 Å². The van der Waals surface area contributed by atoms with Crippen molar-refractivity contribution in [3.8, 4) is 0 Å². The molecule has 4 unspecified atom stereocenters. The van der Waals surface area contributed by atoms with Crippen molar-refractivity contribution < 1.29 is 12.6 Å². The van der Waals surface area contributed by atoms with E-state index in [1.165, 1.54) is 24.0 Å². The van der Waals surface area contributed by atoms with Crippen molar-refractivity contribution in [1.82, 2.24) is 10.6 Å². The molecule has 0 amide bonds. The normalized spacial score (nSPS) is 24.8. The molecule has 2 N–H and O–H groups in total. The fraction of sp³-hybridized carbons (Fsp3) is 0.500. The maximum Gasteiger partial charge on any atom is 0.322 e. The lowest BCUT2D eigenvalue weighted by Crippen LogP contribution is -2.24. The van der Waals surface area contributed by atoms with Gasteiger partial charge in [0.05, 0.1) is 6.61 Å². The van der Waals surface area contributed by atoms with Crippen LogP contribution in [-0.2, 0) is 13.3 Å². The van der Waals surface area contributed by atoms with E-state index < -0.39 is 9.15 Å². The first-order valence-electron chi connectivity index (χ1n) is 11.2. The van der Waals surface area contributed by atoms with E-state index in [4.69, 9.17) is 4.18 Å². The molecule has 2 aromatic rings. The summed E-state index contributed by atoms with van der Waals surface area (Å²) < 4.78 is 29.1. The first-order chi connectivity index (χ1) is 15.1. The second-order valence-electron chi connectivity index (χ2n) is 8.49. The Balaban J connectivity index is 0.998. The number of hydrogen-bond acceptors (Lipinski definition) is 6. The Labute approximate surface area is 189 Å². The Kier molecular flexibility index (Phi) is 8.07. The lowest BCUT2D eigenvalue weighted by Gasteiger charge is -2.07. The molecule has 0 bridgehead atoms. The highest BCUT2D eigenvalue weighted by atomic mass is 33.1. The Bertz CT molecular complexity index is 839. The predicted octanol–water partition coefficient (Wildman–Crippen LogP) is 3.77. The Morgan fingerprint density at radius 2 is 1.32 bits per heavy atom. The van der Waals surface area contributed by atoms with E-state index in [1.807, 2.05) is 12.1 Å². The molecular weight excluding hydrogens is 428 g/mol. The standard InChI is InChI=1S/C24H32N2O3S2/c27-31(28,29-13-11-25-17-21-15-23(21)19-7-3-1-4-8-19)30-14-12-26-18-22-16-24(22)20-9-5-2-6-10-20/h1-10,21-26H,11-18H2. The minimum atomic E-state index is -3.52. The molecule has 0 aliphatic heterocycles. The quantitative estimate of drug-likeness (QED) is 0.330. The average Bonchev–Trinajstić information content (AvgIpc) is 3.70. The second-order valence-corrected chi connectivity index (χ2v) is 12.1. The molecule has 4 rings (SSSR count). The molecule has 2 fully saturated rings. The van der Waals surface area contributed by atoms with E-state index >= 15 is 0 Å². The molecule has 0 saturated heterocycles. The van der Waals surface area contributed by atoms with Crippen LogP contribution in [-0.4, -0.2) is 47.0 Å². The third-order valence-corrected chi connectivity index (χ3v) is 8.90. The van der Waals surface area contributed by atoms with Crippen molar-refractivity contribution in [3.05, 3.63) is 71.8 Å². The highest BCUT2D eigenvalue weighted by molar-refractivity contribution is 8.70. The molecule has 5 nitrogen and oxygen atoms in total. The zero-order chi connectivity index (χ0) is 21.5. The summed E-state index contributed by atoms with van der Waals surface area (Å²) >= 11 is 0. The van der Waals surface area contributed by atoms with Crippen LogP contribution in [0.15, 0.2) is 60.7 Å². The minimum absolute atomic E-state index is 0.187. The van der Waals surface area contributed by atoms with Crippen LogP contribution in [0.1, 0.15) is 35.8 Å². The van der Waals surface area contributed by atoms with Crippen LogP contribution in [0.25, 0.3) is 0 Å². The highest BCUT2D eigenvalue weighted by Gasteiger charge is 2.38. The van der Waals surface area contributed by atoms with Gasteiger partial charge >= 0.3 is 9.15 Å². The first-order valence-corrected chi connectivity index (χ1v) is 14.1. The smallest absolute Gasteiger partial charge is 0.316 e. The molecule has 0 heterocycles. The zero-order valence-corrected chi connectivity index (χ0v) is 19.4. The maximum absolute atomic E-state index is 12.0. The summed E-state index contributed by atoms with van der Waals surface area (Å²) in [6.07, 6.45) is 2.41. The van der Waals surface area contributed by atoms with Gasteiger partial charge in [0.15, 0.2) is 0 Å². The van der Waals surface area contributed by atoms with Crippen molar-refractivity contribution in [2.24, 2.45) is 11.8 Å². The van der Waals surface area contributed by atoms with Crippen molar-refractivity contribution in [1.29, 1.82) is 0 Å². The summed E-state index contributed by atoms with van der Waals surface area (Å²) in [7, 11) is -2.64. The SMILES string of the molecule is O=S(=O)(OCCNCC1CC1c1ccccc1)SCCNCC1CC1c1ccccc1. The van der Waals surface area contributed by atoms with E-state index in [9.17, 15) is 8.42 Å². The van der Waals surface area contributed by atoms with Gasteiger partial charge in [0.25, 0.3) is 0 Å². The van der Waals surface area contributed by atoms with E-state index in [0.29, 0.717) is 42.5 Å². The Morgan fingerprint density at radius 3 is 1.87 bits per heavy atom. The fourth-order valence-corrected chi connectivity index (χ4v) is 6.26. The molecule has 168 valence electrons. The minimum Gasteiger partial charge on any atom is -0.316 e. The van der Waals surface area contributed by atoms with Crippen LogP contribution in [0.2, 0.25) is 0 Å². The van der Waals surface area contributed by atoms with Crippen molar-refractivity contribution in [3.63, 3.8) is 0 Å². The van der Waals surface area contributed by atoms with Crippen LogP contribution in [0, 0.1) is 11.8 Å². The van der Waals surface area contributed by atoms with Gasteiger partial charge in [-0.1, -0.05) is 60.7 Å². The largest absolute Gasteiger partial charge is 0.322 e. The van der Waals surface area contributed by atoms with Gasteiger partial charge in [-0.05, 0) is 71.5 Å². The number of benzene rings is 2. The highest BCUT2D eigenvalue weighted by Crippen LogP contribution is 2.47. The molecule has 2 aliphatic carbocycles. The van der Waals surface area contributed by atoms with Gasteiger partial charge in [-0.15, -0.1) is 0 Å². The van der Waals surface area contributed by atoms with Gasteiger partial charge in [-0.2, -0.15) is 8.42 Å². The van der Waals surface area contributed by atoms with E-state index in [1.54, 1.807) is 0 Å². The summed E-state index contributed by atoms with van der Waals surface area (Å²) in [4.78, 5) is 0. The fourth-order valence-electron chi connectivity index (χ4n) is 4.20. The van der Waals surface area contributed by atoms with E-state index in [0.717, 1.165) is 23.9 Å². The first kappa shape index (κ1) is 22.8. The van der Waals surface area contributed by atoms with Crippen LogP contribution in [0.5, 0.6) is 0 Å². The van der Waals surface area contributed by atoms with Gasteiger partial charge in [-0.25, -0.2) is 0 Å². The Hall–Kier alpha value is -1.38. The van der Waals surface area contributed by atoms with Gasteiger partial charge in [-0.3, -0.25) is 4.18 Å². The van der Waals surface area contributed by atoms with Crippen molar-refractivity contribution in [2.45, 2.75) is 24.7 Å².